The molecule has 0 radical (unpaired) electrons. The first kappa shape index (κ1) is 10.7. The fourth-order valence-electron chi connectivity index (χ4n) is 0.802. The number of nitrogens with one attached hydrogen (secondary N) is 1. The summed E-state index contributed by atoms with van der Waals surface area (Å²) >= 11 is 10.6. The standard InChI is InChI=1S/C8H9ClN4S/c9-5-1-3-6(4-2-5)12-8(14)13-7(10)11/h1-4H,(H5,10,11,12,13,14). The lowest BCUT2D eigenvalue weighted by Gasteiger charge is -2.03. The molecule has 4 nitrogen and oxygen atoms in total. The minimum Gasteiger partial charge on any atom is -0.370 e. The summed E-state index contributed by atoms with van der Waals surface area (Å²) in [5.74, 6) is -0.0727. The Morgan fingerprint density at radius 3 is 2.36 bits per heavy atom. The van der Waals surface area contributed by atoms with E-state index in [1.807, 2.05) is 0 Å². The van der Waals surface area contributed by atoms with Crippen LogP contribution in [-0.4, -0.2) is 11.1 Å². The number of nitrogens with two attached hydrogens (primary N) is 2. The van der Waals surface area contributed by atoms with Crippen LogP contribution in [0.1, 0.15) is 0 Å². The molecule has 1 rings (SSSR count). The number of hydrogen-bond acceptors (Lipinski definition) is 1. The van der Waals surface area contributed by atoms with E-state index in [1.165, 1.54) is 0 Å². The maximum atomic E-state index is 5.70. The van der Waals surface area contributed by atoms with E-state index in [4.69, 9.17) is 35.3 Å². The van der Waals surface area contributed by atoms with Crippen molar-refractivity contribution in [3.63, 3.8) is 0 Å². The Kier molecular flexibility index (Phi) is 3.67. The van der Waals surface area contributed by atoms with Crippen molar-refractivity contribution in [1.82, 2.24) is 0 Å². The second kappa shape index (κ2) is 4.78. The molecule has 0 aliphatic heterocycles. The molecule has 0 atom stereocenters. The summed E-state index contributed by atoms with van der Waals surface area (Å²) in [4.78, 5) is 3.65. The molecule has 74 valence electrons. The average molecular weight is 229 g/mol. The molecule has 6 heteroatoms. The molecule has 0 saturated heterocycles. The van der Waals surface area contributed by atoms with Gasteiger partial charge < -0.3 is 16.8 Å². The highest BCUT2D eigenvalue weighted by Crippen LogP contribution is 2.13. The Balaban J connectivity index is 2.66. The van der Waals surface area contributed by atoms with Gasteiger partial charge in [0.1, 0.15) is 0 Å². The van der Waals surface area contributed by atoms with Gasteiger partial charge in [-0.15, -0.1) is 0 Å². The summed E-state index contributed by atoms with van der Waals surface area (Å²) in [5, 5.41) is 3.70. The zero-order chi connectivity index (χ0) is 10.6. The Morgan fingerprint density at radius 1 is 1.29 bits per heavy atom. The quantitative estimate of drug-likeness (QED) is 0.385. The summed E-state index contributed by atoms with van der Waals surface area (Å²) in [6.07, 6.45) is 0. The van der Waals surface area contributed by atoms with E-state index in [1.54, 1.807) is 24.3 Å². The number of halogens is 1. The van der Waals surface area contributed by atoms with Crippen LogP contribution in [0.5, 0.6) is 0 Å². The summed E-state index contributed by atoms with van der Waals surface area (Å²) in [5.41, 5.74) is 11.1. The number of benzene rings is 1. The molecule has 0 spiro atoms. The van der Waals surface area contributed by atoms with Crippen LogP contribution in [-0.2, 0) is 0 Å². The monoisotopic (exact) mass is 228 g/mol. The summed E-state index contributed by atoms with van der Waals surface area (Å²) in [6.45, 7) is 0. The summed E-state index contributed by atoms with van der Waals surface area (Å²) < 4.78 is 0. The number of anilines is 1. The van der Waals surface area contributed by atoms with Crippen LogP contribution in [0.25, 0.3) is 0 Å². The third-order valence-electron chi connectivity index (χ3n) is 1.33. The van der Waals surface area contributed by atoms with Crippen molar-refractivity contribution in [2.45, 2.75) is 0 Å². The Bertz CT molecular complexity index is 356. The Labute approximate surface area is 91.9 Å². The number of rotatable bonds is 1. The largest absolute Gasteiger partial charge is 0.370 e. The second-order valence-corrected chi connectivity index (χ2v) is 3.30. The predicted molar refractivity (Wildman–Crippen MR) is 63.5 cm³/mol. The molecule has 5 N–H and O–H groups in total. The molecule has 0 unspecified atom stereocenters. The fourth-order valence-corrected chi connectivity index (χ4v) is 1.15. The van der Waals surface area contributed by atoms with Gasteiger partial charge in [-0.3, -0.25) is 0 Å². The van der Waals surface area contributed by atoms with E-state index in [2.05, 4.69) is 10.3 Å². The molecule has 14 heavy (non-hydrogen) atoms. The van der Waals surface area contributed by atoms with Gasteiger partial charge >= 0.3 is 0 Å². The van der Waals surface area contributed by atoms with Gasteiger partial charge in [-0.25, -0.2) is 0 Å². The summed E-state index contributed by atoms with van der Waals surface area (Å²) in [6, 6.07) is 7.03. The SMILES string of the molecule is NC(N)=NC(=S)Nc1ccc(Cl)cc1. The maximum absolute atomic E-state index is 5.70. The fraction of sp³-hybridized carbons (Fsp3) is 0. The number of aliphatic imine (C=N–C) groups is 1. The second-order valence-electron chi connectivity index (χ2n) is 2.47. The van der Waals surface area contributed by atoms with Gasteiger partial charge in [0.2, 0.25) is 5.11 Å². The van der Waals surface area contributed by atoms with Crippen LogP contribution in [0.3, 0.4) is 0 Å². The predicted octanol–water partition coefficient (Wildman–Crippen LogP) is 1.31. The molecular formula is C8H9ClN4S. The molecule has 1 aromatic rings. The van der Waals surface area contributed by atoms with Crippen molar-refractivity contribution in [3.8, 4) is 0 Å². The highest BCUT2D eigenvalue weighted by molar-refractivity contribution is 7.80. The zero-order valence-electron chi connectivity index (χ0n) is 7.20. The van der Waals surface area contributed by atoms with E-state index in [0.29, 0.717) is 5.02 Å². The van der Waals surface area contributed by atoms with Crippen molar-refractivity contribution in [2.24, 2.45) is 16.5 Å². The van der Waals surface area contributed by atoms with Gasteiger partial charge in [-0.2, -0.15) is 4.99 Å². The Hall–Kier alpha value is -1.33. The first-order chi connectivity index (χ1) is 6.58. The molecule has 0 aromatic heterocycles. The summed E-state index contributed by atoms with van der Waals surface area (Å²) in [7, 11) is 0. The van der Waals surface area contributed by atoms with Crippen LogP contribution in [0.2, 0.25) is 5.02 Å². The van der Waals surface area contributed by atoms with Gasteiger partial charge in [0.25, 0.3) is 0 Å². The topological polar surface area (TPSA) is 76.4 Å². The normalized spacial score (nSPS) is 9.21. The zero-order valence-corrected chi connectivity index (χ0v) is 8.77. The number of thiocarbonyl (C=S) groups is 1. The van der Waals surface area contributed by atoms with E-state index >= 15 is 0 Å². The van der Waals surface area contributed by atoms with Gasteiger partial charge in [-0.1, -0.05) is 11.6 Å². The Morgan fingerprint density at radius 2 is 1.86 bits per heavy atom. The average Bonchev–Trinajstić information content (AvgIpc) is 2.07. The lowest BCUT2D eigenvalue weighted by molar-refractivity contribution is 1.48. The maximum Gasteiger partial charge on any atom is 0.200 e. The van der Waals surface area contributed by atoms with Crippen molar-refractivity contribution < 1.29 is 0 Å². The third kappa shape index (κ3) is 3.59. The number of guanidine groups is 1. The minimum absolute atomic E-state index is 0.0727. The van der Waals surface area contributed by atoms with Gasteiger partial charge in [0, 0.05) is 10.7 Å². The van der Waals surface area contributed by atoms with Crippen LogP contribution in [0, 0.1) is 0 Å². The van der Waals surface area contributed by atoms with Gasteiger partial charge in [0.15, 0.2) is 5.96 Å². The molecule has 0 heterocycles. The molecule has 0 saturated carbocycles. The molecule has 1 aromatic carbocycles. The first-order valence-electron chi connectivity index (χ1n) is 3.74. The minimum atomic E-state index is -0.0727. The molecule has 0 bridgehead atoms. The van der Waals surface area contributed by atoms with E-state index in [9.17, 15) is 0 Å². The van der Waals surface area contributed by atoms with Crippen LogP contribution in [0.15, 0.2) is 29.3 Å². The molecular weight excluding hydrogens is 220 g/mol. The third-order valence-corrected chi connectivity index (χ3v) is 1.77. The lowest BCUT2D eigenvalue weighted by atomic mass is 10.3. The number of nitrogens with zero attached hydrogens (tertiary/aromatic N) is 1. The van der Waals surface area contributed by atoms with Crippen LogP contribution in [0.4, 0.5) is 5.69 Å². The van der Waals surface area contributed by atoms with Gasteiger partial charge in [-0.05, 0) is 36.5 Å². The van der Waals surface area contributed by atoms with E-state index in [-0.39, 0.29) is 11.1 Å². The lowest BCUT2D eigenvalue weighted by Crippen LogP contribution is -2.25. The highest BCUT2D eigenvalue weighted by Gasteiger charge is 1.95. The highest BCUT2D eigenvalue weighted by atomic mass is 35.5. The smallest absolute Gasteiger partial charge is 0.200 e. The van der Waals surface area contributed by atoms with Crippen LogP contribution >= 0.6 is 23.8 Å². The molecule has 0 aliphatic carbocycles. The number of hydrogen-bond donors (Lipinski definition) is 3. The van der Waals surface area contributed by atoms with Crippen molar-refractivity contribution in [1.29, 1.82) is 0 Å². The molecule has 0 aliphatic rings. The van der Waals surface area contributed by atoms with Crippen LogP contribution < -0.4 is 16.8 Å². The van der Waals surface area contributed by atoms with Crippen molar-refractivity contribution >= 4 is 40.6 Å². The molecule has 0 fully saturated rings. The van der Waals surface area contributed by atoms with E-state index in [0.717, 1.165) is 5.69 Å². The van der Waals surface area contributed by atoms with Crippen molar-refractivity contribution in [2.75, 3.05) is 5.32 Å². The molecule has 0 amide bonds. The van der Waals surface area contributed by atoms with Crippen molar-refractivity contribution in [3.05, 3.63) is 29.3 Å². The first-order valence-corrected chi connectivity index (χ1v) is 4.53. The van der Waals surface area contributed by atoms with E-state index < -0.39 is 0 Å². The van der Waals surface area contributed by atoms with Gasteiger partial charge in [0.05, 0.1) is 0 Å².